The molecule has 1 atom stereocenters. The van der Waals surface area contributed by atoms with Crippen LogP contribution in [0.4, 0.5) is 0 Å². The second-order valence-corrected chi connectivity index (χ2v) is 5.35. The predicted octanol–water partition coefficient (Wildman–Crippen LogP) is -1.01. The third-order valence-corrected chi connectivity index (χ3v) is 2.83. The molecule has 14 heavy (non-hydrogen) atoms. The maximum Gasteiger partial charge on any atom is 0.208 e. The zero-order valence-electron chi connectivity index (χ0n) is 8.27. The van der Waals surface area contributed by atoms with Gasteiger partial charge in [0.2, 0.25) is 10.0 Å². The molecule has 1 aliphatic rings. The van der Waals surface area contributed by atoms with E-state index in [1.165, 1.54) is 6.26 Å². The Labute approximate surface area is 91.5 Å². The molecule has 0 amide bonds. The molecule has 0 aromatic rings. The SMILES string of the molecule is CS(=O)(=O)NCCN1CCC(N)C1.Cl. The monoisotopic (exact) mass is 243 g/mol. The van der Waals surface area contributed by atoms with E-state index in [4.69, 9.17) is 5.73 Å². The van der Waals surface area contributed by atoms with Gasteiger partial charge in [0.1, 0.15) is 0 Å². The highest BCUT2D eigenvalue weighted by Gasteiger charge is 2.18. The number of hydrogen-bond acceptors (Lipinski definition) is 4. The molecule has 0 aromatic carbocycles. The van der Waals surface area contributed by atoms with Crippen molar-refractivity contribution < 1.29 is 8.42 Å². The van der Waals surface area contributed by atoms with Crippen LogP contribution in [0.15, 0.2) is 0 Å². The summed E-state index contributed by atoms with van der Waals surface area (Å²) in [5.74, 6) is 0. The van der Waals surface area contributed by atoms with E-state index in [2.05, 4.69) is 9.62 Å². The molecule has 1 saturated heterocycles. The summed E-state index contributed by atoms with van der Waals surface area (Å²) in [7, 11) is -3.04. The van der Waals surface area contributed by atoms with Gasteiger partial charge in [-0.05, 0) is 13.0 Å². The van der Waals surface area contributed by atoms with E-state index < -0.39 is 10.0 Å². The van der Waals surface area contributed by atoms with Gasteiger partial charge in [-0.2, -0.15) is 0 Å². The van der Waals surface area contributed by atoms with Crippen LogP contribution in [0.1, 0.15) is 6.42 Å². The van der Waals surface area contributed by atoms with Crippen LogP contribution in [-0.2, 0) is 10.0 Å². The first kappa shape index (κ1) is 14.1. The van der Waals surface area contributed by atoms with Gasteiger partial charge in [-0.25, -0.2) is 13.1 Å². The van der Waals surface area contributed by atoms with Crippen LogP contribution in [0.5, 0.6) is 0 Å². The molecule has 0 bridgehead atoms. The lowest BCUT2D eigenvalue weighted by molar-refractivity contribution is 0.339. The van der Waals surface area contributed by atoms with Crippen molar-refractivity contribution in [3.63, 3.8) is 0 Å². The minimum Gasteiger partial charge on any atom is -0.326 e. The van der Waals surface area contributed by atoms with Gasteiger partial charge in [0.05, 0.1) is 6.26 Å². The minimum absolute atomic E-state index is 0. The van der Waals surface area contributed by atoms with Crippen molar-refractivity contribution >= 4 is 22.4 Å². The van der Waals surface area contributed by atoms with Gasteiger partial charge < -0.3 is 10.6 Å². The third-order valence-electron chi connectivity index (χ3n) is 2.10. The van der Waals surface area contributed by atoms with Crippen LogP contribution in [0.2, 0.25) is 0 Å². The number of nitrogens with zero attached hydrogens (tertiary/aromatic N) is 1. The zero-order chi connectivity index (χ0) is 9.90. The molecular formula is C7H18ClN3O2S. The Kier molecular flexibility index (Phi) is 5.92. The van der Waals surface area contributed by atoms with Gasteiger partial charge in [-0.1, -0.05) is 0 Å². The summed E-state index contributed by atoms with van der Waals surface area (Å²) in [6.07, 6.45) is 2.18. The van der Waals surface area contributed by atoms with Crippen molar-refractivity contribution in [3.8, 4) is 0 Å². The smallest absolute Gasteiger partial charge is 0.208 e. The number of halogens is 1. The van der Waals surface area contributed by atoms with Crippen molar-refractivity contribution in [2.24, 2.45) is 5.73 Å². The third kappa shape index (κ3) is 5.77. The van der Waals surface area contributed by atoms with Crippen LogP contribution in [0.3, 0.4) is 0 Å². The molecule has 1 unspecified atom stereocenters. The van der Waals surface area contributed by atoms with E-state index in [1.54, 1.807) is 0 Å². The molecule has 3 N–H and O–H groups in total. The Morgan fingerprint density at radius 1 is 1.57 bits per heavy atom. The highest BCUT2D eigenvalue weighted by Crippen LogP contribution is 2.04. The van der Waals surface area contributed by atoms with Crippen LogP contribution >= 0.6 is 12.4 Å². The lowest BCUT2D eigenvalue weighted by atomic mass is 10.3. The number of nitrogens with one attached hydrogen (secondary N) is 1. The maximum absolute atomic E-state index is 10.7. The fourth-order valence-corrected chi connectivity index (χ4v) is 1.92. The van der Waals surface area contributed by atoms with Gasteiger partial charge in [0.25, 0.3) is 0 Å². The largest absolute Gasteiger partial charge is 0.326 e. The second kappa shape index (κ2) is 5.87. The molecule has 1 aliphatic heterocycles. The van der Waals surface area contributed by atoms with Crippen molar-refractivity contribution in [1.82, 2.24) is 9.62 Å². The zero-order valence-corrected chi connectivity index (χ0v) is 9.90. The maximum atomic E-state index is 10.7. The molecule has 0 saturated carbocycles. The lowest BCUT2D eigenvalue weighted by Gasteiger charge is -2.14. The Balaban J connectivity index is 0.00000169. The average Bonchev–Trinajstić information content (AvgIpc) is 2.33. The van der Waals surface area contributed by atoms with E-state index in [-0.39, 0.29) is 18.4 Å². The summed E-state index contributed by atoms with van der Waals surface area (Å²) >= 11 is 0. The number of nitrogens with two attached hydrogens (primary N) is 1. The Hall–Kier alpha value is 0.120. The fourth-order valence-electron chi connectivity index (χ4n) is 1.45. The van der Waals surface area contributed by atoms with Gasteiger partial charge in [0.15, 0.2) is 0 Å². The van der Waals surface area contributed by atoms with Crippen molar-refractivity contribution in [1.29, 1.82) is 0 Å². The summed E-state index contributed by atoms with van der Waals surface area (Å²) in [5.41, 5.74) is 5.70. The fraction of sp³-hybridized carbons (Fsp3) is 1.00. The van der Waals surface area contributed by atoms with E-state index in [1.807, 2.05) is 0 Å². The minimum atomic E-state index is -3.04. The van der Waals surface area contributed by atoms with Crippen molar-refractivity contribution in [2.45, 2.75) is 12.5 Å². The number of hydrogen-bond donors (Lipinski definition) is 2. The Bertz CT molecular complexity index is 258. The highest BCUT2D eigenvalue weighted by atomic mass is 35.5. The molecule has 0 spiro atoms. The molecule has 1 rings (SSSR count). The molecule has 0 radical (unpaired) electrons. The molecule has 0 aliphatic carbocycles. The van der Waals surface area contributed by atoms with E-state index in [0.29, 0.717) is 6.54 Å². The predicted molar refractivity (Wildman–Crippen MR) is 59.1 cm³/mol. The molecule has 5 nitrogen and oxygen atoms in total. The van der Waals surface area contributed by atoms with E-state index in [9.17, 15) is 8.42 Å². The Morgan fingerprint density at radius 3 is 2.64 bits per heavy atom. The van der Waals surface area contributed by atoms with E-state index in [0.717, 1.165) is 26.1 Å². The van der Waals surface area contributed by atoms with Crippen molar-refractivity contribution in [3.05, 3.63) is 0 Å². The quantitative estimate of drug-likeness (QED) is 0.664. The molecule has 0 aromatic heterocycles. The summed E-state index contributed by atoms with van der Waals surface area (Å²) in [6.45, 7) is 3.09. The first-order valence-corrected chi connectivity index (χ1v) is 6.29. The normalized spacial score (nSPS) is 23.4. The first-order chi connectivity index (χ1) is 5.97. The molecular weight excluding hydrogens is 226 g/mol. The van der Waals surface area contributed by atoms with Crippen LogP contribution in [0, 0.1) is 0 Å². The molecule has 86 valence electrons. The summed E-state index contributed by atoms with van der Waals surface area (Å²) in [6, 6.07) is 0.262. The highest BCUT2D eigenvalue weighted by molar-refractivity contribution is 7.88. The van der Waals surface area contributed by atoms with Gasteiger partial charge in [-0.3, -0.25) is 0 Å². The van der Waals surface area contributed by atoms with Crippen molar-refractivity contribution in [2.75, 3.05) is 32.4 Å². The van der Waals surface area contributed by atoms with Gasteiger partial charge >= 0.3 is 0 Å². The van der Waals surface area contributed by atoms with Crippen LogP contribution in [0.25, 0.3) is 0 Å². The standard InChI is InChI=1S/C7H17N3O2S.ClH/c1-13(11,12)9-3-5-10-4-2-7(8)6-10;/h7,9H,2-6,8H2,1H3;1H. The molecule has 1 fully saturated rings. The first-order valence-electron chi connectivity index (χ1n) is 4.40. The summed E-state index contributed by atoms with van der Waals surface area (Å²) in [4.78, 5) is 2.17. The second-order valence-electron chi connectivity index (χ2n) is 3.52. The van der Waals surface area contributed by atoms with Crippen LogP contribution < -0.4 is 10.5 Å². The number of rotatable bonds is 4. The molecule has 7 heteroatoms. The van der Waals surface area contributed by atoms with Crippen LogP contribution in [-0.4, -0.2) is 51.8 Å². The number of likely N-dealkylation sites (tertiary alicyclic amines) is 1. The van der Waals surface area contributed by atoms with Gasteiger partial charge in [0, 0.05) is 25.7 Å². The Morgan fingerprint density at radius 2 is 2.21 bits per heavy atom. The summed E-state index contributed by atoms with van der Waals surface area (Å²) < 4.78 is 23.9. The van der Waals surface area contributed by atoms with Gasteiger partial charge in [-0.15, -0.1) is 12.4 Å². The molecule has 1 heterocycles. The lowest BCUT2D eigenvalue weighted by Crippen LogP contribution is -2.34. The summed E-state index contributed by atoms with van der Waals surface area (Å²) in [5, 5.41) is 0. The average molecular weight is 244 g/mol. The van der Waals surface area contributed by atoms with E-state index >= 15 is 0 Å². The number of sulfonamides is 1. The topological polar surface area (TPSA) is 75.4 Å².